The van der Waals surface area contributed by atoms with Gasteiger partial charge in [0.05, 0.1) is 0 Å². The highest BCUT2D eigenvalue weighted by atomic mass is 16.2. The number of nitrogens with one attached hydrogen (secondary N) is 4. The Labute approximate surface area is 164 Å². The fourth-order valence-electron chi connectivity index (χ4n) is 2.44. The zero-order valence-electron chi connectivity index (χ0n) is 16.1. The van der Waals surface area contributed by atoms with Crippen molar-refractivity contribution in [3.63, 3.8) is 0 Å². The Kier molecular flexibility index (Phi) is 8.02. The van der Waals surface area contributed by atoms with Crippen LogP contribution < -0.4 is 21.3 Å². The number of rotatable bonds is 8. The first-order chi connectivity index (χ1) is 13.5. The summed E-state index contributed by atoms with van der Waals surface area (Å²) in [6, 6.07) is 16.9. The van der Waals surface area contributed by atoms with Crippen molar-refractivity contribution >= 4 is 17.8 Å². The molecule has 0 fully saturated rings. The van der Waals surface area contributed by atoms with Gasteiger partial charge in [0.25, 0.3) is 0 Å². The Morgan fingerprint density at radius 1 is 0.679 bits per heavy atom. The van der Waals surface area contributed by atoms with Gasteiger partial charge in [-0.15, -0.1) is 0 Å². The predicted molar refractivity (Wildman–Crippen MR) is 107 cm³/mol. The Bertz CT molecular complexity index is 715. The first-order valence-corrected chi connectivity index (χ1v) is 9.16. The molecule has 4 N–H and O–H groups in total. The highest BCUT2D eigenvalue weighted by Gasteiger charge is 2.19. The van der Waals surface area contributed by atoms with Gasteiger partial charge in [-0.2, -0.15) is 0 Å². The molecule has 0 saturated carbocycles. The van der Waals surface area contributed by atoms with E-state index >= 15 is 0 Å². The standard InChI is InChI=1S/C21H26N4O3/c1-15(19(26)22-13-17-9-5-3-6-10-17)24-21(28)25-16(2)20(27)23-14-18-11-7-4-8-12-18/h3-12,15-16H,13-14H2,1-2H3,(H,22,26)(H,23,27)(H2,24,25,28)/t15-,16-/m0/s1. The number of carbonyl (C=O) groups excluding carboxylic acids is 3. The van der Waals surface area contributed by atoms with E-state index in [1.165, 1.54) is 0 Å². The monoisotopic (exact) mass is 382 g/mol. The quantitative estimate of drug-likeness (QED) is 0.559. The summed E-state index contributed by atoms with van der Waals surface area (Å²) < 4.78 is 0. The minimum atomic E-state index is -0.733. The van der Waals surface area contributed by atoms with Gasteiger partial charge in [-0.25, -0.2) is 4.79 Å². The minimum absolute atomic E-state index is 0.305. The van der Waals surface area contributed by atoms with Crippen molar-refractivity contribution in [2.24, 2.45) is 0 Å². The molecule has 0 aliphatic heterocycles. The molecule has 0 radical (unpaired) electrons. The van der Waals surface area contributed by atoms with E-state index in [-0.39, 0.29) is 11.8 Å². The topological polar surface area (TPSA) is 99.3 Å². The molecular formula is C21H26N4O3. The lowest BCUT2D eigenvalue weighted by molar-refractivity contribution is -0.123. The molecule has 7 nitrogen and oxygen atoms in total. The molecule has 0 aliphatic rings. The summed E-state index contributed by atoms with van der Waals surface area (Å²) in [6.45, 7) is 3.93. The second kappa shape index (κ2) is 10.7. The third-order valence-electron chi connectivity index (χ3n) is 4.10. The van der Waals surface area contributed by atoms with Crippen molar-refractivity contribution in [1.29, 1.82) is 0 Å². The Morgan fingerprint density at radius 2 is 1.04 bits per heavy atom. The third-order valence-corrected chi connectivity index (χ3v) is 4.10. The maximum Gasteiger partial charge on any atom is 0.316 e. The summed E-state index contributed by atoms with van der Waals surface area (Å²) in [4.78, 5) is 36.2. The summed E-state index contributed by atoms with van der Waals surface area (Å²) in [7, 11) is 0. The number of urea groups is 1. The normalized spacial score (nSPS) is 12.4. The minimum Gasteiger partial charge on any atom is -0.350 e. The molecule has 0 unspecified atom stereocenters. The van der Waals surface area contributed by atoms with Crippen LogP contribution in [-0.4, -0.2) is 29.9 Å². The van der Waals surface area contributed by atoms with Crippen LogP contribution >= 0.6 is 0 Å². The van der Waals surface area contributed by atoms with Gasteiger partial charge in [-0.1, -0.05) is 60.7 Å². The van der Waals surface area contributed by atoms with Gasteiger partial charge < -0.3 is 21.3 Å². The van der Waals surface area contributed by atoms with Crippen LogP contribution in [0.5, 0.6) is 0 Å². The van der Waals surface area contributed by atoms with E-state index in [1.54, 1.807) is 13.8 Å². The molecular weight excluding hydrogens is 356 g/mol. The lowest BCUT2D eigenvalue weighted by Crippen LogP contribution is -2.53. The summed E-state index contributed by atoms with van der Waals surface area (Å²) >= 11 is 0. The van der Waals surface area contributed by atoms with Crippen molar-refractivity contribution in [3.05, 3.63) is 71.8 Å². The van der Waals surface area contributed by atoms with Gasteiger partial charge in [0.2, 0.25) is 11.8 Å². The van der Waals surface area contributed by atoms with E-state index in [0.29, 0.717) is 13.1 Å². The molecule has 2 atom stereocenters. The second-order valence-corrected chi connectivity index (χ2v) is 6.47. The molecule has 28 heavy (non-hydrogen) atoms. The van der Waals surface area contributed by atoms with Crippen molar-refractivity contribution in [2.45, 2.75) is 39.0 Å². The zero-order chi connectivity index (χ0) is 20.4. The largest absolute Gasteiger partial charge is 0.350 e. The molecule has 2 aromatic carbocycles. The van der Waals surface area contributed by atoms with Crippen LogP contribution in [0.1, 0.15) is 25.0 Å². The average molecular weight is 382 g/mol. The zero-order valence-corrected chi connectivity index (χ0v) is 16.1. The molecule has 0 aliphatic carbocycles. The molecule has 148 valence electrons. The van der Waals surface area contributed by atoms with Crippen LogP contribution in [0.3, 0.4) is 0 Å². The predicted octanol–water partition coefficient (Wildman–Crippen LogP) is 1.70. The number of amides is 4. The van der Waals surface area contributed by atoms with Crippen LogP contribution in [0, 0.1) is 0 Å². The molecule has 0 aromatic heterocycles. The third kappa shape index (κ3) is 7.11. The Balaban J connectivity index is 1.70. The number of hydrogen-bond donors (Lipinski definition) is 4. The molecule has 2 rings (SSSR count). The number of hydrogen-bond acceptors (Lipinski definition) is 3. The summed E-state index contributed by atoms with van der Waals surface area (Å²) in [5.74, 6) is -0.611. The summed E-state index contributed by atoms with van der Waals surface area (Å²) in [6.07, 6.45) is 0. The van der Waals surface area contributed by atoms with Gasteiger partial charge in [0.1, 0.15) is 12.1 Å². The molecule has 0 saturated heterocycles. The van der Waals surface area contributed by atoms with Crippen molar-refractivity contribution in [3.8, 4) is 0 Å². The van der Waals surface area contributed by atoms with E-state index in [1.807, 2.05) is 60.7 Å². The van der Waals surface area contributed by atoms with Gasteiger partial charge in [-0.05, 0) is 25.0 Å². The van der Waals surface area contributed by atoms with Crippen molar-refractivity contribution in [1.82, 2.24) is 21.3 Å². The fourth-order valence-corrected chi connectivity index (χ4v) is 2.44. The Hall–Kier alpha value is -3.35. The van der Waals surface area contributed by atoms with Crippen molar-refractivity contribution in [2.75, 3.05) is 0 Å². The number of carbonyl (C=O) groups is 3. The first-order valence-electron chi connectivity index (χ1n) is 9.16. The molecule has 4 amide bonds. The fraction of sp³-hybridized carbons (Fsp3) is 0.286. The summed E-state index contributed by atoms with van der Waals surface area (Å²) in [5, 5.41) is 10.6. The van der Waals surface area contributed by atoms with E-state index in [4.69, 9.17) is 0 Å². The highest BCUT2D eigenvalue weighted by Crippen LogP contribution is 1.98. The van der Waals surface area contributed by atoms with E-state index in [9.17, 15) is 14.4 Å². The molecule has 0 spiro atoms. The van der Waals surface area contributed by atoms with E-state index in [2.05, 4.69) is 21.3 Å². The van der Waals surface area contributed by atoms with Crippen LogP contribution in [0.25, 0.3) is 0 Å². The SMILES string of the molecule is C[C@H](NC(=O)N[C@@H](C)C(=O)NCc1ccccc1)C(=O)NCc1ccccc1. The molecule has 7 heteroatoms. The van der Waals surface area contributed by atoms with E-state index in [0.717, 1.165) is 11.1 Å². The van der Waals surface area contributed by atoms with Crippen LogP contribution in [0.4, 0.5) is 4.79 Å². The maximum absolute atomic E-state index is 12.1. The lowest BCUT2D eigenvalue weighted by Gasteiger charge is -2.18. The van der Waals surface area contributed by atoms with Gasteiger partial charge in [-0.3, -0.25) is 9.59 Å². The maximum atomic E-state index is 12.1. The van der Waals surface area contributed by atoms with Crippen molar-refractivity contribution < 1.29 is 14.4 Å². The number of benzene rings is 2. The van der Waals surface area contributed by atoms with Gasteiger partial charge in [0.15, 0.2) is 0 Å². The highest BCUT2D eigenvalue weighted by molar-refractivity contribution is 5.89. The smallest absolute Gasteiger partial charge is 0.316 e. The second-order valence-electron chi connectivity index (χ2n) is 6.47. The van der Waals surface area contributed by atoms with Gasteiger partial charge in [0, 0.05) is 13.1 Å². The molecule has 0 heterocycles. The summed E-state index contributed by atoms with van der Waals surface area (Å²) in [5.41, 5.74) is 1.94. The average Bonchev–Trinajstić information content (AvgIpc) is 2.71. The van der Waals surface area contributed by atoms with Crippen LogP contribution in [-0.2, 0) is 22.7 Å². The Morgan fingerprint density at radius 3 is 1.39 bits per heavy atom. The first kappa shape index (κ1) is 21.0. The van der Waals surface area contributed by atoms with Crippen LogP contribution in [0.15, 0.2) is 60.7 Å². The van der Waals surface area contributed by atoms with Crippen LogP contribution in [0.2, 0.25) is 0 Å². The van der Waals surface area contributed by atoms with E-state index < -0.39 is 18.1 Å². The lowest BCUT2D eigenvalue weighted by atomic mass is 10.2. The van der Waals surface area contributed by atoms with Gasteiger partial charge >= 0.3 is 6.03 Å². The molecule has 2 aromatic rings. The molecule has 0 bridgehead atoms.